The maximum absolute atomic E-state index is 13.1. The Kier molecular flexibility index (Phi) is 7.62. The Morgan fingerprint density at radius 2 is 2.09 bits per heavy atom. The van der Waals surface area contributed by atoms with Crippen LogP contribution in [0.15, 0.2) is 53.7 Å². The van der Waals surface area contributed by atoms with E-state index in [1.54, 1.807) is 26.1 Å². The van der Waals surface area contributed by atoms with E-state index in [1.165, 1.54) is 23.7 Å². The van der Waals surface area contributed by atoms with Crippen molar-refractivity contribution in [3.8, 4) is 0 Å². The first-order chi connectivity index (χ1) is 16.9. The molecule has 2 aromatic heterocycles. The van der Waals surface area contributed by atoms with Crippen LogP contribution >= 0.6 is 11.5 Å². The van der Waals surface area contributed by atoms with Crippen LogP contribution in [0.25, 0.3) is 0 Å². The lowest BCUT2D eigenvalue weighted by atomic mass is 9.76. The van der Waals surface area contributed by atoms with Crippen LogP contribution in [0.5, 0.6) is 0 Å². The number of nitro benzene ring substituents is 1. The Hall–Kier alpha value is -3.50. The molecule has 0 saturated heterocycles. The van der Waals surface area contributed by atoms with Crippen LogP contribution in [-0.4, -0.2) is 51.1 Å². The summed E-state index contributed by atoms with van der Waals surface area (Å²) in [6, 6.07) is 12.3. The third-order valence-corrected chi connectivity index (χ3v) is 6.83. The molecule has 10 heteroatoms. The predicted octanol–water partition coefficient (Wildman–Crippen LogP) is 4.54. The Balaban J connectivity index is 1.69. The van der Waals surface area contributed by atoms with Crippen LogP contribution < -0.4 is 0 Å². The van der Waals surface area contributed by atoms with E-state index >= 15 is 0 Å². The molecule has 0 bridgehead atoms. The van der Waals surface area contributed by atoms with Crippen molar-refractivity contribution in [2.75, 3.05) is 20.2 Å². The number of nitrogens with zero attached hydrogens (tertiary/aromatic N) is 5. The molecule has 182 valence electrons. The minimum atomic E-state index is -0.682. The van der Waals surface area contributed by atoms with Crippen LogP contribution in [0.2, 0.25) is 0 Å². The molecule has 0 amide bonds. The lowest BCUT2D eigenvalue weighted by Crippen LogP contribution is -2.34. The number of benzene rings is 1. The van der Waals surface area contributed by atoms with Crippen LogP contribution in [-0.2, 0) is 22.5 Å². The molecule has 2 atom stereocenters. The van der Waals surface area contributed by atoms with Gasteiger partial charge in [-0.1, -0.05) is 18.2 Å². The molecule has 3 heterocycles. The summed E-state index contributed by atoms with van der Waals surface area (Å²) in [6.07, 6.45) is 2.58. The molecule has 1 aromatic carbocycles. The first-order valence-corrected chi connectivity index (χ1v) is 12.2. The smallest absolute Gasteiger partial charge is 0.315 e. The highest BCUT2D eigenvalue weighted by Crippen LogP contribution is 2.47. The summed E-state index contributed by atoms with van der Waals surface area (Å²) in [5.74, 6) is -1.55. The zero-order valence-corrected chi connectivity index (χ0v) is 20.7. The summed E-state index contributed by atoms with van der Waals surface area (Å²) < 4.78 is 10.1. The first kappa shape index (κ1) is 24.6. The predicted molar refractivity (Wildman–Crippen MR) is 134 cm³/mol. The second-order valence-corrected chi connectivity index (χ2v) is 9.22. The molecule has 3 aromatic rings. The number of nitro groups is 1. The summed E-state index contributed by atoms with van der Waals surface area (Å²) >= 11 is 1.29. The van der Waals surface area contributed by atoms with E-state index in [4.69, 9.17) is 14.1 Å². The quantitative estimate of drug-likeness (QED) is 0.244. The molecule has 2 unspecified atom stereocenters. The van der Waals surface area contributed by atoms with Crippen LogP contribution in [0.1, 0.15) is 42.3 Å². The number of pyridine rings is 1. The molecule has 0 fully saturated rings. The molecular weight excluding hydrogens is 466 g/mol. The fraction of sp³-hybridized carbons (Fsp3) is 0.360. The Bertz CT molecular complexity index is 1240. The van der Waals surface area contributed by atoms with Crippen molar-refractivity contribution in [1.29, 1.82) is 0 Å². The van der Waals surface area contributed by atoms with Gasteiger partial charge in [-0.2, -0.15) is 4.37 Å². The summed E-state index contributed by atoms with van der Waals surface area (Å²) in [5, 5.41) is 12.2. The maximum atomic E-state index is 13.1. The van der Waals surface area contributed by atoms with Crippen LogP contribution in [0.4, 0.5) is 10.7 Å². The van der Waals surface area contributed by atoms with Gasteiger partial charge in [-0.25, -0.2) is 4.99 Å². The molecular formula is C25H27N5O4S. The number of carbonyl (C=O) groups is 1. The van der Waals surface area contributed by atoms with Gasteiger partial charge in [0.15, 0.2) is 0 Å². The van der Waals surface area contributed by atoms with Gasteiger partial charge < -0.3 is 9.64 Å². The Morgan fingerprint density at radius 3 is 2.80 bits per heavy atom. The van der Waals surface area contributed by atoms with Crippen molar-refractivity contribution in [2.45, 2.75) is 32.7 Å². The zero-order chi connectivity index (χ0) is 24.9. The fourth-order valence-corrected chi connectivity index (χ4v) is 5.26. The van der Waals surface area contributed by atoms with E-state index < -0.39 is 22.7 Å². The van der Waals surface area contributed by atoms with Gasteiger partial charge in [0.1, 0.15) is 10.9 Å². The van der Waals surface area contributed by atoms with Gasteiger partial charge in [-0.05, 0) is 50.1 Å². The standard InChI is InChI=1S/C25H27N5O4S/c1-4-34-25(31)21-16(2)27-24-23(22(21)17-8-7-10-19(14-17)30(32)33)20(28-35-24)15-29(3)13-11-18-9-5-6-12-26-18/h5-10,12,14,21-22H,4,11,13,15H2,1-3H3. The van der Waals surface area contributed by atoms with Gasteiger partial charge in [-0.3, -0.25) is 19.9 Å². The lowest BCUT2D eigenvalue weighted by Gasteiger charge is -2.30. The number of likely N-dealkylation sites (N-methyl/N-ethyl adjacent to an activating group) is 1. The van der Waals surface area contributed by atoms with Crippen molar-refractivity contribution >= 4 is 33.9 Å². The van der Waals surface area contributed by atoms with Crippen molar-refractivity contribution in [3.05, 3.63) is 81.3 Å². The topological polar surface area (TPSA) is 111 Å². The Morgan fingerprint density at radius 1 is 1.26 bits per heavy atom. The van der Waals surface area contributed by atoms with Crippen LogP contribution in [0, 0.1) is 16.0 Å². The number of rotatable bonds is 9. The summed E-state index contributed by atoms with van der Waals surface area (Å²) in [6.45, 7) is 5.12. The number of carbonyl (C=O) groups excluding carboxylic acids is 1. The second kappa shape index (κ2) is 10.8. The number of hydrogen-bond acceptors (Lipinski definition) is 9. The molecule has 0 radical (unpaired) electrons. The van der Waals surface area contributed by atoms with Gasteiger partial charge in [0, 0.05) is 60.7 Å². The average Bonchev–Trinajstić information content (AvgIpc) is 3.24. The Labute approximate surface area is 207 Å². The molecule has 0 N–H and O–H groups in total. The fourth-order valence-electron chi connectivity index (χ4n) is 4.38. The summed E-state index contributed by atoms with van der Waals surface area (Å²) in [7, 11) is 2.01. The van der Waals surface area contributed by atoms with E-state index in [0.717, 1.165) is 34.9 Å². The van der Waals surface area contributed by atoms with Crippen molar-refractivity contribution in [2.24, 2.45) is 10.9 Å². The third kappa shape index (κ3) is 5.44. The summed E-state index contributed by atoms with van der Waals surface area (Å²) in [5.41, 5.74) is 3.93. The molecule has 1 aliphatic rings. The van der Waals surface area contributed by atoms with E-state index in [-0.39, 0.29) is 12.3 Å². The minimum absolute atomic E-state index is 0.0240. The van der Waals surface area contributed by atoms with Crippen molar-refractivity contribution < 1.29 is 14.5 Å². The number of esters is 1. The second-order valence-electron chi connectivity index (χ2n) is 8.47. The van der Waals surface area contributed by atoms with Gasteiger partial charge in [0.2, 0.25) is 0 Å². The number of aromatic nitrogens is 2. The molecule has 0 aliphatic carbocycles. The molecule has 1 aliphatic heterocycles. The third-order valence-electron chi connectivity index (χ3n) is 6.03. The number of fused-ring (bicyclic) bond motifs is 1. The minimum Gasteiger partial charge on any atom is -0.465 e. The average molecular weight is 494 g/mol. The van der Waals surface area contributed by atoms with Crippen molar-refractivity contribution in [3.63, 3.8) is 0 Å². The van der Waals surface area contributed by atoms with Crippen molar-refractivity contribution in [1.82, 2.24) is 14.3 Å². The zero-order valence-electron chi connectivity index (χ0n) is 19.9. The molecule has 0 saturated carbocycles. The number of ether oxygens (including phenoxy) is 1. The van der Waals surface area contributed by atoms with Gasteiger partial charge in [0.25, 0.3) is 5.69 Å². The van der Waals surface area contributed by atoms with Gasteiger partial charge in [-0.15, -0.1) is 0 Å². The molecule has 0 spiro atoms. The van der Waals surface area contributed by atoms with Gasteiger partial charge in [0.05, 0.1) is 17.2 Å². The number of hydrogen-bond donors (Lipinski definition) is 0. The highest BCUT2D eigenvalue weighted by molar-refractivity contribution is 7.10. The van der Waals surface area contributed by atoms with E-state index in [9.17, 15) is 14.9 Å². The summed E-state index contributed by atoms with van der Waals surface area (Å²) in [4.78, 5) is 35.4. The number of non-ortho nitro benzene ring substituents is 1. The van der Waals surface area contributed by atoms with E-state index in [0.29, 0.717) is 17.8 Å². The maximum Gasteiger partial charge on any atom is 0.315 e. The molecule has 9 nitrogen and oxygen atoms in total. The number of aliphatic imine (C=N–C) groups is 1. The lowest BCUT2D eigenvalue weighted by molar-refractivity contribution is -0.384. The highest BCUT2D eigenvalue weighted by atomic mass is 32.1. The SMILES string of the molecule is CCOC(=O)C1C(C)=Nc2snc(CN(C)CCc3ccccn3)c2C1c1cccc([N+](=O)[O-])c1. The van der Waals surface area contributed by atoms with Gasteiger partial charge >= 0.3 is 5.97 Å². The monoisotopic (exact) mass is 493 g/mol. The molecule has 4 rings (SSSR count). The highest BCUT2D eigenvalue weighted by Gasteiger charge is 2.41. The van der Waals surface area contributed by atoms with E-state index in [2.05, 4.69) is 9.88 Å². The first-order valence-electron chi connectivity index (χ1n) is 11.4. The largest absolute Gasteiger partial charge is 0.465 e. The van der Waals surface area contributed by atoms with E-state index in [1.807, 2.05) is 31.3 Å². The molecule has 35 heavy (non-hydrogen) atoms. The normalized spacial score (nSPS) is 17.1. The van der Waals surface area contributed by atoms with Crippen LogP contribution in [0.3, 0.4) is 0 Å².